The molecule has 116 valence electrons. The first-order valence-electron chi connectivity index (χ1n) is 6.37. The summed E-state index contributed by atoms with van der Waals surface area (Å²) >= 11 is 0. The van der Waals surface area contributed by atoms with Crippen LogP contribution in [0, 0.1) is 0 Å². The summed E-state index contributed by atoms with van der Waals surface area (Å²) in [5, 5.41) is 20.8. The van der Waals surface area contributed by atoms with Crippen molar-refractivity contribution >= 4 is 17.3 Å². The number of benzene rings is 1. The number of carbonyl (C=O) groups is 1. The highest BCUT2D eigenvalue weighted by molar-refractivity contribution is 5.99. The minimum absolute atomic E-state index is 0.00358. The Balaban J connectivity index is 2.11. The van der Waals surface area contributed by atoms with Crippen molar-refractivity contribution in [2.75, 3.05) is 29.9 Å². The van der Waals surface area contributed by atoms with Crippen LogP contribution in [0.5, 0.6) is 0 Å². The highest BCUT2D eigenvalue weighted by atomic mass is 19.4. The lowest BCUT2D eigenvalue weighted by Crippen LogP contribution is -2.40. The fourth-order valence-corrected chi connectivity index (χ4v) is 2.18. The summed E-state index contributed by atoms with van der Waals surface area (Å²) in [5.74, 6) is -1.86. The Kier molecular flexibility index (Phi) is 4.38. The maximum Gasteiger partial charge on any atom is 0.471 e. The Morgan fingerprint density at radius 3 is 2.76 bits per heavy atom. The van der Waals surface area contributed by atoms with E-state index in [2.05, 4.69) is 5.32 Å². The molecule has 1 atom stereocenters. The Morgan fingerprint density at radius 2 is 2.14 bits per heavy atom. The van der Waals surface area contributed by atoms with E-state index < -0.39 is 18.2 Å². The summed E-state index contributed by atoms with van der Waals surface area (Å²) in [5.41, 5.74) is 1.50. The predicted molar refractivity (Wildman–Crippen MR) is 70.1 cm³/mol. The maximum atomic E-state index is 12.5. The van der Waals surface area contributed by atoms with Gasteiger partial charge < -0.3 is 20.4 Å². The van der Waals surface area contributed by atoms with E-state index in [4.69, 9.17) is 5.11 Å². The number of carbonyl (C=O) groups excluding carboxylic acids is 1. The van der Waals surface area contributed by atoms with Crippen molar-refractivity contribution in [3.05, 3.63) is 23.8 Å². The van der Waals surface area contributed by atoms with Crippen molar-refractivity contribution < 1.29 is 28.2 Å². The second-order valence-electron chi connectivity index (χ2n) is 4.77. The topological polar surface area (TPSA) is 72.8 Å². The molecule has 0 aliphatic carbocycles. The van der Waals surface area contributed by atoms with E-state index in [1.54, 1.807) is 6.07 Å². The Morgan fingerprint density at radius 1 is 1.43 bits per heavy atom. The molecule has 0 fully saturated rings. The molecule has 1 heterocycles. The van der Waals surface area contributed by atoms with Gasteiger partial charge in [0.25, 0.3) is 0 Å². The highest BCUT2D eigenvalue weighted by Crippen LogP contribution is 2.33. The molecule has 3 N–H and O–H groups in total. The number of hydrogen-bond acceptors (Lipinski definition) is 4. The van der Waals surface area contributed by atoms with Crippen molar-refractivity contribution in [1.29, 1.82) is 0 Å². The van der Waals surface area contributed by atoms with Crippen molar-refractivity contribution in [3.63, 3.8) is 0 Å². The van der Waals surface area contributed by atoms with E-state index in [-0.39, 0.29) is 25.4 Å². The lowest BCUT2D eigenvalue weighted by molar-refractivity contribution is -0.170. The third-order valence-corrected chi connectivity index (χ3v) is 3.22. The Labute approximate surface area is 119 Å². The van der Waals surface area contributed by atoms with Gasteiger partial charge in [0.2, 0.25) is 0 Å². The van der Waals surface area contributed by atoms with Gasteiger partial charge in [0, 0.05) is 24.5 Å². The van der Waals surface area contributed by atoms with Gasteiger partial charge >= 0.3 is 12.1 Å². The normalized spacial score (nSPS) is 15.8. The van der Waals surface area contributed by atoms with Gasteiger partial charge in [-0.25, -0.2) is 0 Å². The molecular weight excluding hydrogens is 289 g/mol. The van der Waals surface area contributed by atoms with E-state index in [0.717, 1.165) is 4.90 Å². The van der Waals surface area contributed by atoms with Crippen molar-refractivity contribution in [3.8, 4) is 0 Å². The van der Waals surface area contributed by atoms with Crippen LogP contribution in [-0.2, 0) is 11.2 Å². The average molecular weight is 304 g/mol. The molecule has 1 aliphatic rings. The number of rotatable bonds is 4. The van der Waals surface area contributed by atoms with Crippen molar-refractivity contribution in [2.45, 2.75) is 18.7 Å². The second-order valence-corrected chi connectivity index (χ2v) is 4.77. The predicted octanol–water partition coefficient (Wildman–Crippen LogP) is 0.903. The number of aliphatic hydroxyl groups is 2. The number of alkyl halides is 3. The van der Waals surface area contributed by atoms with E-state index in [0.29, 0.717) is 17.7 Å². The summed E-state index contributed by atoms with van der Waals surface area (Å²) in [6.07, 6.45) is -5.46. The zero-order valence-electron chi connectivity index (χ0n) is 11.0. The van der Waals surface area contributed by atoms with Crippen LogP contribution in [0.25, 0.3) is 0 Å². The SMILES string of the molecule is O=C(N1CCc2cc(NCC(O)CO)ccc21)C(F)(F)F. The quantitative estimate of drug-likeness (QED) is 0.773. The summed E-state index contributed by atoms with van der Waals surface area (Å²) in [6.45, 7) is -0.261. The third kappa shape index (κ3) is 3.45. The van der Waals surface area contributed by atoms with Gasteiger partial charge in [-0.1, -0.05) is 0 Å². The molecule has 21 heavy (non-hydrogen) atoms. The number of fused-ring (bicyclic) bond motifs is 1. The smallest absolute Gasteiger partial charge is 0.394 e. The van der Waals surface area contributed by atoms with Crippen LogP contribution in [0.2, 0.25) is 0 Å². The van der Waals surface area contributed by atoms with E-state index >= 15 is 0 Å². The van der Waals surface area contributed by atoms with Gasteiger partial charge in [0.1, 0.15) is 0 Å². The fraction of sp³-hybridized carbons (Fsp3) is 0.462. The molecule has 0 saturated carbocycles. The van der Waals surface area contributed by atoms with E-state index in [1.165, 1.54) is 12.1 Å². The van der Waals surface area contributed by atoms with Crippen molar-refractivity contribution in [1.82, 2.24) is 0 Å². The first-order chi connectivity index (χ1) is 9.82. The van der Waals surface area contributed by atoms with Crippen molar-refractivity contribution in [2.24, 2.45) is 0 Å². The number of amides is 1. The molecule has 8 heteroatoms. The number of aliphatic hydroxyl groups excluding tert-OH is 2. The van der Waals surface area contributed by atoms with Gasteiger partial charge in [-0.2, -0.15) is 13.2 Å². The zero-order valence-corrected chi connectivity index (χ0v) is 11.0. The summed E-state index contributed by atoms with van der Waals surface area (Å²) < 4.78 is 37.4. The summed E-state index contributed by atoms with van der Waals surface area (Å²) in [6, 6.07) is 4.62. The van der Waals surface area contributed by atoms with Gasteiger partial charge in [-0.3, -0.25) is 4.79 Å². The molecule has 1 aromatic rings. The molecule has 1 unspecified atom stereocenters. The zero-order chi connectivity index (χ0) is 15.6. The van der Waals surface area contributed by atoms with E-state index in [9.17, 15) is 23.1 Å². The Bertz CT molecular complexity index is 534. The van der Waals surface area contributed by atoms with Gasteiger partial charge in [0.05, 0.1) is 12.7 Å². The first-order valence-corrected chi connectivity index (χ1v) is 6.37. The fourth-order valence-electron chi connectivity index (χ4n) is 2.18. The van der Waals surface area contributed by atoms with Gasteiger partial charge in [-0.15, -0.1) is 0 Å². The largest absolute Gasteiger partial charge is 0.471 e. The van der Waals surface area contributed by atoms with Gasteiger partial charge in [-0.05, 0) is 30.2 Å². The summed E-state index contributed by atoms with van der Waals surface area (Å²) in [4.78, 5) is 12.0. The molecule has 1 amide bonds. The van der Waals surface area contributed by atoms with Crippen LogP contribution >= 0.6 is 0 Å². The number of anilines is 2. The molecule has 5 nitrogen and oxygen atoms in total. The highest BCUT2D eigenvalue weighted by Gasteiger charge is 2.44. The number of nitrogens with one attached hydrogen (secondary N) is 1. The molecular formula is C13H15F3N2O3. The maximum absolute atomic E-state index is 12.5. The minimum Gasteiger partial charge on any atom is -0.394 e. The summed E-state index contributed by atoms with van der Waals surface area (Å²) in [7, 11) is 0. The first kappa shape index (κ1) is 15.6. The molecule has 0 aromatic heterocycles. The van der Waals surface area contributed by atoms with Crippen LogP contribution < -0.4 is 10.2 Å². The second kappa shape index (κ2) is 5.90. The molecule has 1 aromatic carbocycles. The lowest BCUT2D eigenvalue weighted by Gasteiger charge is -2.19. The number of halogens is 3. The van der Waals surface area contributed by atoms with Gasteiger partial charge in [0.15, 0.2) is 0 Å². The van der Waals surface area contributed by atoms with Crippen LogP contribution in [0.3, 0.4) is 0 Å². The monoisotopic (exact) mass is 304 g/mol. The molecule has 0 radical (unpaired) electrons. The lowest BCUT2D eigenvalue weighted by atomic mass is 10.1. The van der Waals surface area contributed by atoms with Crippen LogP contribution in [0.15, 0.2) is 18.2 Å². The molecule has 0 saturated heterocycles. The van der Waals surface area contributed by atoms with Crippen LogP contribution in [-0.4, -0.2) is 48.1 Å². The molecule has 0 spiro atoms. The molecule has 2 rings (SSSR count). The Hall–Kier alpha value is -1.80. The standard InChI is InChI=1S/C13H15F3N2O3/c14-13(15,16)12(21)18-4-3-8-5-9(1-2-11(8)18)17-6-10(20)7-19/h1-2,5,10,17,19-20H,3-4,6-7H2. The van der Waals surface area contributed by atoms with Crippen LogP contribution in [0.4, 0.5) is 24.5 Å². The minimum atomic E-state index is -4.89. The van der Waals surface area contributed by atoms with Crippen LogP contribution in [0.1, 0.15) is 5.56 Å². The average Bonchev–Trinajstić information content (AvgIpc) is 2.85. The molecule has 1 aliphatic heterocycles. The number of hydrogen-bond donors (Lipinski definition) is 3. The molecule has 0 bridgehead atoms. The third-order valence-electron chi connectivity index (χ3n) is 3.22. The number of nitrogens with zero attached hydrogens (tertiary/aromatic N) is 1. The van der Waals surface area contributed by atoms with E-state index in [1.807, 2.05) is 0 Å².